The Kier molecular flexibility index (Phi) is 6.30. The molecule has 1 heterocycles. The zero-order valence-electron chi connectivity index (χ0n) is 16.7. The van der Waals surface area contributed by atoms with Crippen LogP contribution in [0.25, 0.3) is 10.9 Å². The third-order valence-corrected chi connectivity index (χ3v) is 3.89. The molecule has 8 heteroatoms. The minimum Gasteiger partial charge on any atom is -0.495 e. The molecule has 1 N–H and O–H groups in total. The molecule has 2 rings (SSSR count). The number of ether oxygens (including phenoxy) is 3. The Labute approximate surface area is 158 Å². The molecule has 8 nitrogen and oxygen atoms in total. The second-order valence-electron chi connectivity index (χ2n) is 7.07. The van der Waals surface area contributed by atoms with E-state index in [-0.39, 0.29) is 18.3 Å². The van der Waals surface area contributed by atoms with E-state index >= 15 is 0 Å². The lowest BCUT2D eigenvalue weighted by Crippen LogP contribution is -2.30. The highest BCUT2D eigenvalue weighted by molar-refractivity contribution is 5.94. The van der Waals surface area contributed by atoms with Gasteiger partial charge in [-0.2, -0.15) is 4.98 Å². The second-order valence-corrected chi connectivity index (χ2v) is 7.07. The van der Waals surface area contributed by atoms with Gasteiger partial charge in [0.25, 0.3) is 5.56 Å². The molecule has 0 radical (unpaired) electrons. The zero-order chi connectivity index (χ0) is 20.2. The van der Waals surface area contributed by atoms with Crippen LogP contribution in [-0.2, 0) is 16.3 Å². The second kappa shape index (κ2) is 8.28. The summed E-state index contributed by atoms with van der Waals surface area (Å²) in [5.74, 6) is 0.0970. The predicted molar refractivity (Wildman–Crippen MR) is 103 cm³/mol. The van der Waals surface area contributed by atoms with Crippen molar-refractivity contribution in [3.8, 4) is 11.8 Å². The molecule has 0 aliphatic rings. The Morgan fingerprint density at radius 1 is 1.30 bits per heavy atom. The largest absolute Gasteiger partial charge is 0.495 e. The van der Waals surface area contributed by atoms with Crippen LogP contribution in [0.3, 0.4) is 0 Å². The van der Waals surface area contributed by atoms with Crippen molar-refractivity contribution in [2.45, 2.75) is 40.8 Å². The highest BCUT2D eigenvalue weighted by Gasteiger charge is 2.24. The van der Waals surface area contributed by atoms with Crippen LogP contribution in [0, 0.1) is 5.41 Å². The molecule has 0 spiro atoms. The quantitative estimate of drug-likeness (QED) is 0.742. The van der Waals surface area contributed by atoms with Crippen molar-refractivity contribution in [2.24, 2.45) is 5.41 Å². The Balaban J connectivity index is 2.61. The molecule has 0 atom stereocenters. The number of methoxy groups -OCH3 is 1. The predicted octanol–water partition coefficient (Wildman–Crippen LogP) is 2.78. The Hall–Kier alpha value is -2.77. The number of benzene rings is 1. The van der Waals surface area contributed by atoms with E-state index in [1.54, 1.807) is 40.0 Å². The molecular formula is C19H27N3O5. The Bertz CT molecular complexity index is 884. The van der Waals surface area contributed by atoms with Crippen LogP contribution < -0.4 is 20.3 Å². The van der Waals surface area contributed by atoms with E-state index < -0.39 is 11.4 Å². The fourth-order valence-electron chi connectivity index (χ4n) is 2.44. The summed E-state index contributed by atoms with van der Waals surface area (Å²) in [6.07, 6.45) is 0.750. The van der Waals surface area contributed by atoms with E-state index in [4.69, 9.17) is 14.2 Å². The van der Waals surface area contributed by atoms with Gasteiger partial charge in [-0.15, -0.1) is 0 Å². The van der Waals surface area contributed by atoms with Gasteiger partial charge in [-0.25, -0.2) is 4.57 Å². The summed E-state index contributed by atoms with van der Waals surface area (Å²) < 4.78 is 17.5. The van der Waals surface area contributed by atoms with Gasteiger partial charge >= 0.3 is 12.0 Å². The molecule has 0 aliphatic heterocycles. The van der Waals surface area contributed by atoms with E-state index in [2.05, 4.69) is 10.3 Å². The summed E-state index contributed by atoms with van der Waals surface area (Å²) in [4.78, 5) is 29.8. The van der Waals surface area contributed by atoms with Crippen LogP contribution in [0.2, 0.25) is 0 Å². The van der Waals surface area contributed by atoms with Crippen molar-refractivity contribution in [3.05, 3.63) is 22.5 Å². The molecule has 27 heavy (non-hydrogen) atoms. The Morgan fingerprint density at radius 3 is 2.56 bits per heavy atom. The van der Waals surface area contributed by atoms with Crippen LogP contribution in [0.4, 0.5) is 5.69 Å². The van der Waals surface area contributed by atoms with E-state index in [1.807, 2.05) is 6.92 Å². The summed E-state index contributed by atoms with van der Waals surface area (Å²) in [5.41, 5.74) is -0.0753. The maximum absolute atomic E-state index is 13.2. The molecule has 2 aromatic rings. The smallest absolute Gasteiger partial charge is 0.312 e. The number of nitrogens with one attached hydrogen (secondary N) is 1. The number of aromatic nitrogens is 2. The molecule has 1 aromatic carbocycles. The minimum absolute atomic E-state index is 0.114. The highest BCUT2D eigenvalue weighted by atomic mass is 16.6. The first-order chi connectivity index (χ1) is 12.7. The van der Waals surface area contributed by atoms with Gasteiger partial charge in [0, 0.05) is 7.05 Å². The molecule has 0 amide bonds. The van der Waals surface area contributed by atoms with Gasteiger partial charge in [0.2, 0.25) is 0 Å². The number of anilines is 1. The van der Waals surface area contributed by atoms with Crippen LogP contribution in [0.1, 0.15) is 34.1 Å². The third kappa shape index (κ3) is 4.32. The van der Waals surface area contributed by atoms with Crippen molar-refractivity contribution < 1.29 is 19.0 Å². The number of carbonyl (C=O) groups excluding carboxylic acids is 1. The summed E-state index contributed by atoms with van der Waals surface area (Å²) in [7, 11) is 3.22. The van der Waals surface area contributed by atoms with E-state index in [0.717, 1.165) is 6.42 Å². The molecular weight excluding hydrogens is 350 g/mol. The van der Waals surface area contributed by atoms with Gasteiger partial charge in [-0.1, -0.05) is 6.92 Å². The number of carbonyl (C=O) groups is 1. The lowest BCUT2D eigenvalue weighted by molar-refractivity contribution is -0.157. The van der Waals surface area contributed by atoms with Crippen LogP contribution in [0.15, 0.2) is 16.9 Å². The van der Waals surface area contributed by atoms with Gasteiger partial charge in [0.1, 0.15) is 5.75 Å². The number of esters is 1. The average molecular weight is 377 g/mol. The molecule has 0 saturated heterocycles. The fraction of sp³-hybridized carbons (Fsp3) is 0.526. The normalized spacial score (nSPS) is 11.3. The molecule has 0 saturated carbocycles. The molecule has 0 bridgehead atoms. The molecule has 0 fully saturated rings. The molecule has 148 valence electrons. The lowest BCUT2D eigenvalue weighted by atomic mass is 9.98. The van der Waals surface area contributed by atoms with Crippen molar-refractivity contribution in [3.63, 3.8) is 0 Å². The summed E-state index contributed by atoms with van der Waals surface area (Å²) in [6, 6.07) is 3.54. The number of hydrogen-bond acceptors (Lipinski definition) is 7. The number of hydrogen-bond donors (Lipinski definition) is 1. The minimum atomic E-state index is -0.683. The van der Waals surface area contributed by atoms with Crippen LogP contribution in [-0.4, -0.2) is 36.3 Å². The monoisotopic (exact) mass is 377 g/mol. The molecule has 0 aliphatic carbocycles. The van der Waals surface area contributed by atoms with Crippen molar-refractivity contribution in [1.29, 1.82) is 0 Å². The molecule has 0 unspecified atom stereocenters. The molecule has 1 aromatic heterocycles. The summed E-state index contributed by atoms with van der Waals surface area (Å²) >= 11 is 0. The van der Waals surface area contributed by atoms with Gasteiger partial charge < -0.3 is 19.5 Å². The first-order valence-corrected chi connectivity index (χ1v) is 8.83. The lowest BCUT2D eigenvalue weighted by Gasteiger charge is -2.19. The first-order valence-electron chi connectivity index (χ1n) is 8.83. The SMILES string of the molecule is CCCOc1nc2ccc(OC)c(NC)c2c(=O)n1COC(=O)C(C)(C)C. The topological polar surface area (TPSA) is 91.7 Å². The summed E-state index contributed by atoms with van der Waals surface area (Å²) in [5, 5.41) is 3.32. The van der Waals surface area contributed by atoms with Gasteiger partial charge in [0.05, 0.1) is 35.7 Å². The fourth-order valence-corrected chi connectivity index (χ4v) is 2.44. The number of fused-ring (bicyclic) bond motifs is 1. The van der Waals surface area contributed by atoms with Gasteiger partial charge in [-0.05, 0) is 39.3 Å². The third-order valence-electron chi connectivity index (χ3n) is 3.89. The zero-order valence-corrected chi connectivity index (χ0v) is 16.7. The number of rotatable bonds is 7. The standard InChI is InChI=1S/C19H27N3O5/c1-7-10-26-18-21-12-8-9-13(25-6)15(20-5)14(12)16(23)22(18)11-27-17(24)19(2,3)4/h8-9,20H,7,10-11H2,1-6H3. The first kappa shape index (κ1) is 20.5. The summed E-state index contributed by atoms with van der Waals surface area (Å²) in [6.45, 7) is 7.30. The van der Waals surface area contributed by atoms with Gasteiger partial charge in [-0.3, -0.25) is 9.59 Å². The van der Waals surface area contributed by atoms with E-state index in [9.17, 15) is 9.59 Å². The van der Waals surface area contributed by atoms with E-state index in [0.29, 0.717) is 28.9 Å². The highest BCUT2D eigenvalue weighted by Crippen LogP contribution is 2.31. The van der Waals surface area contributed by atoms with Gasteiger partial charge in [0.15, 0.2) is 6.73 Å². The average Bonchev–Trinajstić information content (AvgIpc) is 2.63. The van der Waals surface area contributed by atoms with Crippen molar-refractivity contribution in [2.75, 3.05) is 26.1 Å². The maximum Gasteiger partial charge on any atom is 0.312 e. The van der Waals surface area contributed by atoms with Crippen LogP contribution in [0.5, 0.6) is 11.8 Å². The van der Waals surface area contributed by atoms with Crippen LogP contribution >= 0.6 is 0 Å². The van der Waals surface area contributed by atoms with Crippen molar-refractivity contribution >= 4 is 22.6 Å². The van der Waals surface area contributed by atoms with Crippen molar-refractivity contribution in [1.82, 2.24) is 9.55 Å². The Morgan fingerprint density at radius 2 is 2.00 bits per heavy atom. The number of nitrogens with zero attached hydrogens (tertiary/aromatic N) is 2. The van der Waals surface area contributed by atoms with E-state index in [1.165, 1.54) is 11.7 Å². The maximum atomic E-state index is 13.2.